The summed E-state index contributed by atoms with van der Waals surface area (Å²) in [6, 6.07) is 8.25. The number of rotatable bonds is 5. The zero-order chi connectivity index (χ0) is 14.4. The van der Waals surface area contributed by atoms with Gasteiger partial charge < -0.3 is 15.0 Å². The Morgan fingerprint density at radius 1 is 1.50 bits per heavy atom. The summed E-state index contributed by atoms with van der Waals surface area (Å²) in [6.07, 6.45) is 3.70. The average Bonchev–Trinajstić information content (AvgIpc) is 2.52. The average molecular weight is 276 g/mol. The molecule has 0 saturated carbocycles. The number of nitrogens with zero attached hydrogens (tertiary/aromatic N) is 1. The number of carbonyl (C=O) groups excluding carboxylic acids is 1. The van der Waals surface area contributed by atoms with Crippen LogP contribution in [0.1, 0.15) is 36.5 Å². The Morgan fingerprint density at radius 2 is 2.35 bits per heavy atom. The minimum absolute atomic E-state index is 0.274. The van der Waals surface area contributed by atoms with Crippen LogP contribution in [-0.2, 0) is 4.74 Å². The minimum atomic E-state index is -0.274. The third-order valence-corrected chi connectivity index (χ3v) is 3.79. The third-order valence-electron chi connectivity index (χ3n) is 3.79. The highest BCUT2D eigenvalue weighted by molar-refractivity contribution is 5.90. The summed E-state index contributed by atoms with van der Waals surface area (Å²) in [5.41, 5.74) is 1.73. The van der Waals surface area contributed by atoms with E-state index in [9.17, 15) is 4.79 Å². The largest absolute Gasteiger partial charge is 0.465 e. The smallest absolute Gasteiger partial charge is 0.337 e. The molecule has 0 radical (unpaired) electrons. The topological polar surface area (TPSA) is 41.6 Å². The van der Waals surface area contributed by atoms with Gasteiger partial charge in [0.1, 0.15) is 0 Å². The SMILES string of the molecule is CCCC[C@H]1CN(c2cccc(C(=O)OC)c2)CCN1. The molecule has 4 heteroatoms. The molecule has 1 aliphatic heterocycles. The van der Waals surface area contributed by atoms with Crippen LogP contribution in [0.2, 0.25) is 0 Å². The van der Waals surface area contributed by atoms with E-state index in [2.05, 4.69) is 23.2 Å². The van der Waals surface area contributed by atoms with Gasteiger partial charge in [-0.1, -0.05) is 25.8 Å². The Hall–Kier alpha value is -1.55. The second kappa shape index (κ2) is 7.29. The molecule has 0 amide bonds. The van der Waals surface area contributed by atoms with Crippen molar-refractivity contribution >= 4 is 11.7 Å². The Kier molecular flexibility index (Phi) is 5.41. The van der Waals surface area contributed by atoms with Crippen molar-refractivity contribution < 1.29 is 9.53 Å². The van der Waals surface area contributed by atoms with Gasteiger partial charge in [0.25, 0.3) is 0 Å². The van der Waals surface area contributed by atoms with Gasteiger partial charge in [0, 0.05) is 31.4 Å². The number of benzene rings is 1. The highest BCUT2D eigenvalue weighted by Gasteiger charge is 2.19. The van der Waals surface area contributed by atoms with E-state index in [0.717, 1.165) is 25.3 Å². The lowest BCUT2D eigenvalue weighted by Gasteiger charge is -2.35. The number of methoxy groups -OCH3 is 1. The van der Waals surface area contributed by atoms with Crippen LogP contribution in [0.4, 0.5) is 5.69 Å². The summed E-state index contributed by atoms with van der Waals surface area (Å²) in [6.45, 7) is 5.20. The van der Waals surface area contributed by atoms with Crippen LogP contribution in [-0.4, -0.2) is 38.8 Å². The summed E-state index contributed by atoms with van der Waals surface area (Å²) in [5, 5.41) is 3.57. The van der Waals surface area contributed by atoms with Crippen molar-refractivity contribution in [3.63, 3.8) is 0 Å². The molecule has 0 aromatic heterocycles. The molecule has 0 bridgehead atoms. The number of esters is 1. The molecule has 1 aliphatic rings. The van der Waals surface area contributed by atoms with Crippen LogP contribution >= 0.6 is 0 Å². The predicted octanol–water partition coefficient (Wildman–Crippen LogP) is 2.44. The Bertz CT molecular complexity index is 448. The predicted molar refractivity (Wildman–Crippen MR) is 81.3 cm³/mol. The van der Waals surface area contributed by atoms with Crippen molar-refractivity contribution in [1.82, 2.24) is 5.32 Å². The summed E-state index contributed by atoms with van der Waals surface area (Å²) >= 11 is 0. The molecule has 1 saturated heterocycles. The lowest BCUT2D eigenvalue weighted by molar-refractivity contribution is 0.0601. The molecule has 4 nitrogen and oxygen atoms in total. The van der Waals surface area contributed by atoms with Gasteiger partial charge in [-0.25, -0.2) is 4.79 Å². The first kappa shape index (κ1) is 14.9. The van der Waals surface area contributed by atoms with Crippen molar-refractivity contribution in [3.05, 3.63) is 29.8 Å². The van der Waals surface area contributed by atoms with Crippen LogP contribution in [0.25, 0.3) is 0 Å². The lowest BCUT2D eigenvalue weighted by Crippen LogP contribution is -2.50. The number of piperazine rings is 1. The van der Waals surface area contributed by atoms with E-state index >= 15 is 0 Å². The van der Waals surface area contributed by atoms with E-state index in [0.29, 0.717) is 11.6 Å². The number of anilines is 1. The quantitative estimate of drug-likeness (QED) is 0.839. The second-order valence-electron chi connectivity index (χ2n) is 5.28. The van der Waals surface area contributed by atoms with Crippen molar-refractivity contribution in [2.75, 3.05) is 31.6 Å². The van der Waals surface area contributed by atoms with Crippen molar-refractivity contribution in [1.29, 1.82) is 0 Å². The Balaban J connectivity index is 2.04. The third kappa shape index (κ3) is 3.73. The number of hydrogen-bond acceptors (Lipinski definition) is 4. The summed E-state index contributed by atoms with van der Waals surface area (Å²) in [5.74, 6) is -0.274. The Labute approximate surface area is 121 Å². The van der Waals surface area contributed by atoms with Crippen LogP contribution in [0.3, 0.4) is 0 Å². The Morgan fingerprint density at radius 3 is 3.10 bits per heavy atom. The molecular weight excluding hydrogens is 252 g/mol. The maximum absolute atomic E-state index is 11.6. The van der Waals surface area contributed by atoms with Crippen LogP contribution in [0, 0.1) is 0 Å². The van der Waals surface area contributed by atoms with Gasteiger partial charge in [-0.3, -0.25) is 0 Å². The van der Waals surface area contributed by atoms with Crippen molar-refractivity contribution in [2.45, 2.75) is 32.2 Å². The van der Waals surface area contributed by atoms with Gasteiger partial charge in [0.15, 0.2) is 0 Å². The zero-order valence-corrected chi connectivity index (χ0v) is 12.4. The first-order chi connectivity index (χ1) is 9.74. The molecule has 1 aromatic rings. The summed E-state index contributed by atoms with van der Waals surface area (Å²) in [7, 11) is 1.42. The molecule has 1 atom stereocenters. The van der Waals surface area contributed by atoms with E-state index in [-0.39, 0.29) is 5.97 Å². The first-order valence-corrected chi connectivity index (χ1v) is 7.41. The number of hydrogen-bond donors (Lipinski definition) is 1. The first-order valence-electron chi connectivity index (χ1n) is 7.41. The maximum Gasteiger partial charge on any atom is 0.337 e. The molecule has 1 aromatic carbocycles. The molecule has 0 spiro atoms. The molecular formula is C16H24N2O2. The summed E-state index contributed by atoms with van der Waals surface area (Å²) < 4.78 is 4.78. The maximum atomic E-state index is 11.6. The fourth-order valence-electron chi connectivity index (χ4n) is 2.65. The van der Waals surface area contributed by atoms with Crippen molar-refractivity contribution in [3.8, 4) is 0 Å². The molecule has 1 N–H and O–H groups in total. The fraction of sp³-hybridized carbons (Fsp3) is 0.562. The van der Waals surface area contributed by atoms with Gasteiger partial charge in [-0.2, -0.15) is 0 Å². The molecule has 0 aliphatic carbocycles. The normalized spacial score (nSPS) is 18.9. The minimum Gasteiger partial charge on any atom is -0.465 e. The molecule has 2 rings (SSSR count). The molecule has 20 heavy (non-hydrogen) atoms. The van der Waals surface area contributed by atoms with E-state index in [1.54, 1.807) is 6.07 Å². The van der Waals surface area contributed by atoms with Crippen LogP contribution < -0.4 is 10.2 Å². The van der Waals surface area contributed by atoms with E-state index in [4.69, 9.17) is 4.74 Å². The molecule has 1 fully saturated rings. The number of carbonyl (C=O) groups is 1. The van der Waals surface area contributed by atoms with Gasteiger partial charge in [0.2, 0.25) is 0 Å². The van der Waals surface area contributed by atoms with E-state index < -0.39 is 0 Å². The summed E-state index contributed by atoms with van der Waals surface area (Å²) in [4.78, 5) is 14.0. The molecule has 1 heterocycles. The highest BCUT2D eigenvalue weighted by Crippen LogP contribution is 2.19. The standard InChI is InChI=1S/C16H24N2O2/c1-3-4-7-14-12-18(10-9-17-14)15-8-5-6-13(11-15)16(19)20-2/h5-6,8,11,14,17H,3-4,7,9-10,12H2,1-2H3/t14-/m0/s1. The van der Waals surface area contributed by atoms with Crippen LogP contribution in [0.5, 0.6) is 0 Å². The zero-order valence-electron chi connectivity index (χ0n) is 12.4. The number of unbranched alkanes of at least 4 members (excludes halogenated alkanes) is 1. The van der Waals surface area contributed by atoms with Crippen molar-refractivity contribution in [2.24, 2.45) is 0 Å². The van der Waals surface area contributed by atoms with Gasteiger partial charge in [-0.05, 0) is 24.6 Å². The monoisotopic (exact) mass is 276 g/mol. The fourth-order valence-corrected chi connectivity index (χ4v) is 2.65. The lowest BCUT2D eigenvalue weighted by atomic mass is 10.1. The van der Waals surface area contributed by atoms with Gasteiger partial charge >= 0.3 is 5.97 Å². The number of nitrogens with one attached hydrogen (secondary N) is 1. The second-order valence-corrected chi connectivity index (χ2v) is 5.28. The molecule has 110 valence electrons. The molecule has 0 unspecified atom stereocenters. The van der Waals surface area contributed by atoms with Gasteiger partial charge in [0.05, 0.1) is 12.7 Å². The van der Waals surface area contributed by atoms with E-state index in [1.165, 1.54) is 26.4 Å². The highest BCUT2D eigenvalue weighted by atomic mass is 16.5. The van der Waals surface area contributed by atoms with E-state index in [1.807, 2.05) is 12.1 Å². The van der Waals surface area contributed by atoms with Crippen LogP contribution in [0.15, 0.2) is 24.3 Å². The van der Waals surface area contributed by atoms with Gasteiger partial charge in [-0.15, -0.1) is 0 Å². The number of ether oxygens (including phenoxy) is 1.